The molecule has 1 saturated carbocycles. The largest absolute Gasteiger partial charge is 0.466 e. The second-order valence-electron chi connectivity index (χ2n) is 4.18. The lowest BCUT2D eigenvalue weighted by atomic mass is 9.83. The molecule has 0 spiro atoms. The molecule has 1 aliphatic rings. The van der Waals surface area contributed by atoms with E-state index in [0.717, 1.165) is 10.2 Å². The van der Waals surface area contributed by atoms with E-state index in [-0.39, 0.29) is 6.04 Å². The molecule has 1 heterocycles. The lowest BCUT2D eigenvalue weighted by Gasteiger charge is -2.28. The topological polar surface area (TPSA) is 51.2 Å². The van der Waals surface area contributed by atoms with E-state index in [1.165, 1.54) is 32.1 Å². The fourth-order valence-electron chi connectivity index (χ4n) is 2.42. The number of nitrogens with two attached hydrogens (primary N) is 1. The van der Waals surface area contributed by atoms with E-state index < -0.39 is 0 Å². The molecule has 84 valence electrons. The fraction of sp³-hybridized carbons (Fsp3) is 0.636. The Bertz CT molecular complexity index is 307. The highest BCUT2D eigenvalue weighted by molar-refractivity contribution is 9.10. The molecule has 0 saturated heterocycles. The molecule has 0 amide bonds. The monoisotopic (exact) mass is 272 g/mol. The van der Waals surface area contributed by atoms with Gasteiger partial charge in [-0.15, -0.1) is 0 Å². The Morgan fingerprint density at radius 1 is 1.40 bits per heavy atom. The molecule has 2 rings (SSSR count). The van der Waals surface area contributed by atoms with Crippen molar-refractivity contribution >= 4 is 15.9 Å². The Labute approximate surface area is 98.5 Å². The minimum absolute atomic E-state index is 0.148. The summed E-state index contributed by atoms with van der Waals surface area (Å²) in [7, 11) is 0. The van der Waals surface area contributed by atoms with Crippen molar-refractivity contribution in [1.82, 2.24) is 5.43 Å². The van der Waals surface area contributed by atoms with Gasteiger partial charge in [0.1, 0.15) is 5.76 Å². The zero-order valence-electron chi connectivity index (χ0n) is 8.71. The Balaban J connectivity index is 2.12. The van der Waals surface area contributed by atoms with Crippen molar-refractivity contribution < 1.29 is 4.42 Å². The van der Waals surface area contributed by atoms with Crippen molar-refractivity contribution in [2.45, 2.75) is 38.1 Å². The Kier molecular flexibility index (Phi) is 3.83. The van der Waals surface area contributed by atoms with Crippen LogP contribution >= 0.6 is 15.9 Å². The van der Waals surface area contributed by atoms with Gasteiger partial charge in [-0.2, -0.15) is 0 Å². The van der Waals surface area contributed by atoms with Crippen LogP contribution in [0.3, 0.4) is 0 Å². The summed E-state index contributed by atoms with van der Waals surface area (Å²) < 4.78 is 6.49. The van der Waals surface area contributed by atoms with Crippen LogP contribution in [0, 0.1) is 5.92 Å². The maximum Gasteiger partial charge on any atom is 0.136 e. The summed E-state index contributed by atoms with van der Waals surface area (Å²) in [6.45, 7) is 0. The van der Waals surface area contributed by atoms with Crippen LogP contribution in [0.15, 0.2) is 21.2 Å². The van der Waals surface area contributed by atoms with E-state index in [1.54, 1.807) is 6.26 Å². The third kappa shape index (κ3) is 2.44. The van der Waals surface area contributed by atoms with Gasteiger partial charge < -0.3 is 4.42 Å². The van der Waals surface area contributed by atoms with Gasteiger partial charge in [-0.1, -0.05) is 19.3 Å². The molecule has 4 heteroatoms. The lowest BCUT2D eigenvalue weighted by Crippen LogP contribution is -2.34. The highest BCUT2D eigenvalue weighted by atomic mass is 79.9. The normalized spacial score (nSPS) is 20.4. The first-order valence-corrected chi connectivity index (χ1v) is 6.31. The first kappa shape index (κ1) is 11.2. The Hall–Kier alpha value is -0.320. The number of nitrogens with one attached hydrogen (secondary N) is 1. The summed E-state index contributed by atoms with van der Waals surface area (Å²) in [4.78, 5) is 0. The molecular weight excluding hydrogens is 256 g/mol. The highest BCUT2D eigenvalue weighted by Crippen LogP contribution is 2.36. The van der Waals surface area contributed by atoms with Crippen molar-refractivity contribution in [2.24, 2.45) is 11.8 Å². The van der Waals surface area contributed by atoms with Crippen LogP contribution in [0.5, 0.6) is 0 Å². The summed E-state index contributed by atoms with van der Waals surface area (Å²) in [5.74, 6) is 7.17. The third-order valence-corrected chi connectivity index (χ3v) is 3.88. The number of hydrogen-bond acceptors (Lipinski definition) is 3. The zero-order valence-corrected chi connectivity index (χ0v) is 10.3. The zero-order chi connectivity index (χ0) is 10.7. The van der Waals surface area contributed by atoms with E-state index >= 15 is 0 Å². The second kappa shape index (κ2) is 5.14. The summed E-state index contributed by atoms with van der Waals surface area (Å²) in [5.41, 5.74) is 2.89. The number of hydrazine groups is 1. The number of hydrogen-bond donors (Lipinski definition) is 2. The molecule has 15 heavy (non-hydrogen) atoms. The van der Waals surface area contributed by atoms with Gasteiger partial charge in [-0.05, 0) is 40.8 Å². The summed E-state index contributed by atoms with van der Waals surface area (Å²) in [6.07, 6.45) is 8.14. The molecule has 1 atom stereocenters. The van der Waals surface area contributed by atoms with E-state index in [9.17, 15) is 0 Å². The number of rotatable bonds is 3. The quantitative estimate of drug-likeness (QED) is 0.657. The molecule has 0 aromatic carbocycles. The van der Waals surface area contributed by atoms with Crippen molar-refractivity contribution in [1.29, 1.82) is 0 Å². The second-order valence-corrected chi connectivity index (χ2v) is 5.03. The van der Waals surface area contributed by atoms with Gasteiger partial charge in [0.15, 0.2) is 0 Å². The molecule has 0 radical (unpaired) electrons. The van der Waals surface area contributed by atoms with E-state index in [0.29, 0.717) is 5.92 Å². The molecular formula is C11H17BrN2O. The van der Waals surface area contributed by atoms with Gasteiger partial charge in [-0.3, -0.25) is 5.84 Å². The van der Waals surface area contributed by atoms with E-state index in [1.807, 2.05) is 6.07 Å². The SMILES string of the molecule is NNC(c1occc1Br)C1CCCCC1. The summed E-state index contributed by atoms with van der Waals surface area (Å²) >= 11 is 3.49. The first-order valence-electron chi connectivity index (χ1n) is 5.52. The first-order chi connectivity index (χ1) is 7.33. The van der Waals surface area contributed by atoms with Crippen LogP contribution in [0.25, 0.3) is 0 Å². The maximum absolute atomic E-state index is 5.63. The minimum Gasteiger partial charge on any atom is -0.466 e. The molecule has 1 unspecified atom stereocenters. The van der Waals surface area contributed by atoms with Crippen LogP contribution in [-0.4, -0.2) is 0 Å². The Morgan fingerprint density at radius 3 is 2.67 bits per heavy atom. The van der Waals surface area contributed by atoms with Crippen LogP contribution in [0.2, 0.25) is 0 Å². The van der Waals surface area contributed by atoms with E-state index in [2.05, 4.69) is 21.4 Å². The minimum atomic E-state index is 0.148. The van der Waals surface area contributed by atoms with E-state index in [4.69, 9.17) is 10.3 Å². The molecule has 1 fully saturated rings. The van der Waals surface area contributed by atoms with Crippen LogP contribution in [-0.2, 0) is 0 Å². The third-order valence-electron chi connectivity index (χ3n) is 3.23. The smallest absolute Gasteiger partial charge is 0.136 e. The van der Waals surface area contributed by atoms with Crippen LogP contribution in [0.1, 0.15) is 43.9 Å². The van der Waals surface area contributed by atoms with Crippen molar-refractivity contribution in [3.63, 3.8) is 0 Å². The van der Waals surface area contributed by atoms with Gasteiger partial charge in [0.05, 0.1) is 16.8 Å². The van der Waals surface area contributed by atoms with Crippen molar-refractivity contribution in [3.05, 3.63) is 22.6 Å². The fourth-order valence-corrected chi connectivity index (χ4v) is 2.87. The lowest BCUT2D eigenvalue weighted by molar-refractivity contribution is 0.245. The number of furan rings is 1. The van der Waals surface area contributed by atoms with Crippen molar-refractivity contribution in [3.8, 4) is 0 Å². The molecule has 1 aromatic rings. The van der Waals surface area contributed by atoms with Gasteiger partial charge in [-0.25, -0.2) is 5.43 Å². The molecule has 3 N–H and O–H groups in total. The summed E-state index contributed by atoms with van der Waals surface area (Å²) in [6, 6.07) is 2.07. The summed E-state index contributed by atoms with van der Waals surface area (Å²) in [5, 5.41) is 0. The predicted octanol–water partition coefficient (Wildman–Crippen LogP) is 3.13. The molecule has 1 aliphatic carbocycles. The molecule has 1 aromatic heterocycles. The Morgan fingerprint density at radius 2 is 2.13 bits per heavy atom. The average molecular weight is 273 g/mol. The standard InChI is InChI=1S/C11H17BrN2O/c12-9-6-7-15-11(9)10(14-13)8-4-2-1-3-5-8/h6-8,10,14H,1-5,13H2. The predicted molar refractivity (Wildman–Crippen MR) is 63.0 cm³/mol. The molecule has 3 nitrogen and oxygen atoms in total. The van der Waals surface area contributed by atoms with Crippen molar-refractivity contribution in [2.75, 3.05) is 0 Å². The molecule has 0 aliphatic heterocycles. The molecule has 0 bridgehead atoms. The van der Waals surface area contributed by atoms with Gasteiger partial charge in [0.25, 0.3) is 0 Å². The van der Waals surface area contributed by atoms with Crippen LogP contribution < -0.4 is 11.3 Å². The van der Waals surface area contributed by atoms with Gasteiger partial charge in [0, 0.05) is 0 Å². The maximum atomic E-state index is 5.63. The number of halogens is 1. The average Bonchev–Trinajstić information content (AvgIpc) is 2.68. The highest BCUT2D eigenvalue weighted by Gasteiger charge is 2.27. The van der Waals surface area contributed by atoms with Gasteiger partial charge in [0.2, 0.25) is 0 Å². The van der Waals surface area contributed by atoms with Gasteiger partial charge >= 0.3 is 0 Å². The van der Waals surface area contributed by atoms with Crippen LogP contribution in [0.4, 0.5) is 0 Å².